The molecule has 0 bridgehead atoms. The average molecular weight is 495 g/mol. The fraction of sp³-hybridized carbons (Fsp3) is 0.233. The lowest BCUT2D eigenvalue weighted by molar-refractivity contribution is 0.0999. The van der Waals surface area contributed by atoms with E-state index in [2.05, 4.69) is 11.9 Å². The summed E-state index contributed by atoms with van der Waals surface area (Å²) in [6.07, 6.45) is 4.01. The maximum atomic E-state index is 12.3. The zero-order chi connectivity index (χ0) is 26.3. The third-order valence-corrected chi connectivity index (χ3v) is 7.31. The Hall–Kier alpha value is -4.39. The van der Waals surface area contributed by atoms with Gasteiger partial charge in [-0.1, -0.05) is 61.2 Å². The summed E-state index contributed by atoms with van der Waals surface area (Å²) in [7, 11) is 0. The standard InChI is InChI=1S/C30H30N4O3/c1-18(2)37-29(36)33-30(15-8-16-30)23-13-11-21(12-14-23)25-26(22-9-6-5-7-10-22)34-17-24(27(31)35)19(3)20(4)28(34)32-25/h5-7,9-14,17H,1,8,15-16H2,2-4H3,(H2,31,35)(H,33,36). The topological polar surface area (TPSA) is 98.7 Å². The molecule has 0 radical (unpaired) electrons. The number of allylic oxidation sites excluding steroid dienone is 1. The minimum Gasteiger partial charge on any atom is -0.416 e. The Balaban J connectivity index is 1.62. The largest absolute Gasteiger partial charge is 0.416 e. The minimum atomic E-state index is -0.487. The van der Waals surface area contributed by atoms with Gasteiger partial charge in [0.25, 0.3) is 0 Å². The van der Waals surface area contributed by atoms with Gasteiger partial charge in [0.05, 0.1) is 28.2 Å². The molecule has 1 fully saturated rings. The number of carbonyl (C=O) groups excluding carboxylic acids is 2. The van der Waals surface area contributed by atoms with Gasteiger partial charge in [0, 0.05) is 17.3 Å². The monoisotopic (exact) mass is 494 g/mol. The number of aryl methyl sites for hydroxylation is 1. The van der Waals surface area contributed by atoms with Gasteiger partial charge in [0.1, 0.15) is 5.65 Å². The van der Waals surface area contributed by atoms with Crippen LogP contribution in [0.25, 0.3) is 28.2 Å². The van der Waals surface area contributed by atoms with Gasteiger partial charge in [0.15, 0.2) is 0 Å². The fourth-order valence-corrected chi connectivity index (χ4v) is 5.08. The van der Waals surface area contributed by atoms with Crippen LogP contribution in [0.5, 0.6) is 0 Å². The molecule has 1 aliphatic carbocycles. The first-order valence-electron chi connectivity index (χ1n) is 12.3. The van der Waals surface area contributed by atoms with E-state index in [1.807, 2.05) is 72.8 Å². The molecule has 188 valence electrons. The zero-order valence-electron chi connectivity index (χ0n) is 21.3. The van der Waals surface area contributed by atoms with Crippen LogP contribution in [-0.4, -0.2) is 21.4 Å². The lowest BCUT2D eigenvalue weighted by Gasteiger charge is -2.42. The van der Waals surface area contributed by atoms with Crippen LogP contribution in [0.3, 0.4) is 0 Å². The maximum absolute atomic E-state index is 12.3. The number of amides is 2. The molecule has 1 saturated carbocycles. The number of hydrogen-bond donors (Lipinski definition) is 2. The molecule has 0 atom stereocenters. The second-order valence-electron chi connectivity index (χ2n) is 9.76. The fourth-order valence-electron chi connectivity index (χ4n) is 5.08. The number of primary amides is 1. The van der Waals surface area contributed by atoms with Gasteiger partial charge in [-0.25, -0.2) is 9.78 Å². The summed E-state index contributed by atoms with van der Waals surface area (Å²) in [5.74, 6) is -0.114. The van der Waals surface area contributed by atoms with Crippen LogP contribution in [0.1, 0.15) is 53.2 Å². The number of nitrogens with one attached hydrogen (secondary N) is 1. The van der Waals surface area contributed by atoms with Gasteiger partial charge in [0.2, 0.25) is 5.91 Å². The van der Waals surface area contributed by atoms with Crippen molar-refractivity contribution in [2.45, 2.75) is 45.6 Å². The number of ether oxygens (including phenoxy) is 1. The molecular weight excluding hydrogens is 464 g/mol. The molecule has 0 unspecified atom stereocenters. The number of alkyl carbamates (subject to hydrolysis) is 1. The number of nitrogens with zero attached hydrogens (tertiary/aromatic N) is 2. The number of benzene rings is 2. The van der Waals surface area contributed by atoms with Crippen LogP contribution >= 0.6 is 0 Å². The smallest absolute Gasteiger partial charge is 0.412 e. The molecule has 2 aromatic carbocycles. The number of pyridine rings is 1. The van der Waals surface area contributed by atoms with E-state index in [-0.39, 0.29) is 0 Å². The highest BCUT2D eigenvalue weighted by molar-refractivity contribution is 5.95. The second kappa shape index (κ2) is 9.24. The lowest BCUT2D eigenvalue weighted by atomic mass is 9.71. The van der Waals surface area contributed by atoms with Crippen molar-refractivity contribution in [3.05, 3.63) is 95.4 Å². The Bertz CT molecular complexity index is 1530. The van der Waals surface area contributed by atoms with Crippen LogP contribution in [-0.2, 0) is 10.3 Å². The van der Waals surface area contributed by atoms with Crippen molar-refractivity contribution in [1.29, 1.82) is 0 Å². The molecule has 2 aromatic heterocycles. The third kappa shape index (κ3) is 4.27. The van der Waals surface area contributed by atoms with Crippen molar-refractivity contribution in [2.75, 3.05) is 0 Å². The molecule has 7 nitrogen and oxygen atoms in total. The molecule has 0 spiro atoms. The Morgan fingerprint density at radius 2 is 1.70 bits per heavy atom. The summed E-state index contributed by atoms with van der Waals surface area (Å²) >= 11 is 0. The second-order valence-corrected chi connectivity index (χ2v) is 9.76. The number of imidazole rings is 1. The quantitative estimate of drug-likeness (QED) is 0.320. The summed E-state index contributed by atoms with van der Waals surface area (Å²) in [4.78, 5) is 29.5. The molecular formula is C30H30N4O3. The van der Waals surface area contributed by atoms with Gasteiger partial charge in [-0.3, -0.25) is 9.20 Å². The van der Waals surface area contributed by atoms with E-state index in [9.17, 15) is 9.59 Å². The van der Waals surface area contributed by atoms with Crippen molar-refractivity contribution >= 4 is 17.6 Å². The van der Waals surface area contributed by atoms with E-state index in [1.165, 1.54) is 0 Å². The average Bonchev–Trinajstić information content (AvgIpc) is 3.23. The van der Waals surface area contributed by atoms with Crippen LogP contribution in [0, 0.1) is 13.8 Å². The normalized spacial score (nSPS) is 14.1. The van der Waals surface area contributed by atoms with Crippen molar-refractivity contribution in [3.63, 3.8) is 0 Å². The molecule has 3 N–H and O–H groups in total. The van der Waals surface area contributed by atoms with Gasteiger partial charge in [-0.05, 0) is 56.7 Å². The van der Waals surface area contributed by atoms with E-state index in [0.717, 1.165) is 64.1 Å². The number of fused-ring (bicyclic) bond motifs is 1. The first-order valence-corrected chi connectivity index (χ1v) is 12.3. The first kappa shape index (κ1) is 24.3. The van der Waals surface area contributed by atoms with Gasteiger partial charge in [-0.15, -0.1) is 0 Å². The predicted octanol–water partition coefficient (Wildman–Crippen LogP) is 6.02. The van der Waals surface area contributed by atoms with Crippen LogP contribution in [0.2, 0.25) is 0 Å². The summed E-state index contributed by atoms with van der Waals surface area (Å²) in [5.41, 5.74) is 12.9. The summed E-state index contributed by atoms with van der Waals surface area (Å²) in [6.45, 7) is 9.15. The van der Waals surface area contributed by atoms with Crippen molar-refractivity contribution in [3.8, 4) is 22.5 Å². The number of rotatable bonds is 6. The Morgan fingerprint density at radius 3 is 2.27 bits per heavy atom. The van der Waals surface area contributed by atoms with E-state index in [0.29, 0.717) is 11.3 Å². The molecule has 2 amide bonds. The summed E-state index contributed by atoms with van der Waals surface area (Å²) in [5, 5.41) is 3.04. The van der Waals surface area contributed by atoms with Crippen LogP contribution in [0.15, 0.2) is 73.1 Å². The Labute approximate surface area is 216 Å². The number of aromatic nitrogens is 2. The van der Waals surface area contributed by atoms with Crippen molar-refractivity contribution in [2.24, 2.45) is 5.73 Å². The lowest BCUT2D eigenvalue weighted by Crippen LogP contribution is -2.50. The molecule has 7 heteroatoms. The third-order valence-electron chi connectivity index (χ3n) is 7.31. The van der Waals surface area contributed by atoms with E-state index in [4.69, 9.17) is 15.5 Å². The van der Waals surface area contributed by atoms with Crippen molar-refractivity contribution < 1.29 is 14.3 Å². The SMILES string of the molecule is C=C(C)OC(=O)NC1(c2ccc(-c3nc4c(C)c(C)c(C(N)=O)cn4c3-c3ccccc3)cc2)CCC1. The highest BCUT2D eigenvalue weighted by Gasteiger charge is 2.40. The van der Waals surface area contributed by atoms with Crippen LogP contribution in [0.4, 0.5) is 4.79 Å². The van der Waals surface area contributed by atoms with E-state index in [1.54, 1.807) is 13.1 Å². The first-order chi connectivity index (χ1) is 17.7. The number of carbonyl (C=O) groups is 2. The van der Waals surface area contributed by atoms with E-state index >= 15 is 0 Å². The van der Waals surface area contributed by atoms with Gasteiger partial charge >= 0.3 is 6.09 Å². The Kier molecular flexibility index (Phi) is 6.07. The molecule has 1 aliphatic rings. The molecule has 5 rings (SSSR count). The molecule has 2 heterocycles. The molecule has 4 aromatic rings. The van der Waals surface area contributed by atoms with Gasteiger partial charge in [-0.2, -0.15) is 0 Å². The highest BCUT2D eigenvalue weighted by Crippen LogP contribution is 2.42. The highest BCUT2D eigenvalue weighted by atomic mass is 16.6. The zero-order valence-corrected chi connectivity index (χ0v) is 21.3. The number of nitrogens with two attached hydrogens (primary N) is 1. The summed E-state index contributed by atoms with van der Waals surface area (Å²) < 4.78 is 7.11. The molecule has 0 saturated heterocycles. The number of hydrogen-bond acceptors (Lipinski definition) is 4. The van der Waals surface area contributed by atoms with Crippen molar-refractivity contribution in [1.82, 2.24) is 14.7 Å². The summed E-state index contributed by atoms with van der Waals surface area (Å²) in [6, 6.07) is 18.1. The van der Waals surface area contributed by atoms with Gasteiger partial charge < -0.3 is 15.8 Å². The van der Waals surface area contributed by atoms with E-state index < -0.39 is 17.5 Å². The minimum absolute atomic E-state index is 0.354. The molecule has 0 aliphatic heterocycles. The predicted molar refractivity (Wildman–Crippen MR) is 144 cm³/mol. The Morgan fingerprint density at radius 1 is 1.03 bits per heavy atom. The van der Waals surface area contributed by atoms with Crippen LogP contribution < -0.4 is 11.1 Å². The molecule has 37 heavy (non-hydrogen) atoms. The maximum Gasteiger partial charge on any atom is 0.412 e.